The number of sulfonamides is 1. The maximum absolute atomic E-state index is 12.9. The molecule has 3 N–H and O–H groups in total. The number of nitriles is 1. The minimum absolute atomic E-state index is 0.00917. The van der Waals surface area contributed by atoms with Crippen molar-refractivity contribution in [2.24, 2.45) is 11.8 Å². The van der Waals surface area contributed by atoms with Crippen LogP contribution < -0.4 is 16.1 Å². The van der Waals surface area contributed by atoms with E-state index in [-0.39, 0.29) is 42.0 Å². The number of rotatable bonds is 3. The first-order chi connectivity index (χ1) is 15.3. The van der Waals surface area contributed by atoms with Crippen LogP contribution in [0.4, 0.5) is 5.69 Å². The average molecular weight is 459 g/mol. The number of hydrogen-bond donors (Lipinski definition) is 3. The number of carbonyl (C=O) groups is 1. The van der Waals surface area contributed by atoms with Crippen molar-refractivity contribution < 1.29 is 13.2 Å². The molecule has 0 aromatic heterocycles. The summed E-state index contributed by atoms with van der Waals surface area (Å²) in [6.45, 7) is 2.51. The molecule has 0 spiro atoms. The van der Waals surface area contributed by atoms with Crippen LogP contribution in [0.2, 0.25) is 0 Å². The fourth-order valence-corrected chi connectivity index (χ4v) is 7.44. The number of nitrogens with zero attached hydrogens (tertiary/aromatic N) is 3. The summed E-state index contributed by atoms with van der Waals surface area (Å²) < 4.78 is 26.5. The van der Waals surface area contributed by atoms with E-state index in [4.69, 9.17) is 0 Å². The lowest BCUT2D eigenvalue weighted by atomic mass is 9.83. The molecule has 1 aromatic carbocycles. The molecule has 0 bridgehead atoms. The molecule has 3 heterocycles. The molecule has 0 radical (unpaired) electrons. The zero-order valence-electron chi connectivity index (χ0n) is 18.4. The number of fused-ring (bicyclic) bond motifs is 2. The number of carbonyl (C=O) groups excluding carboxylic acids is 1. The molecule has 172 valence electrons. The van der Waals surface area contributed by atoms with Crippen molar-refractivity contribution in [3.05, 3.63) is 23.8 Å². The first-order valence-corrected chi connectivity index (χ1v) is 12.9. The van der Waals surface area contributed by atoms with E-state index in [2.05, 4.69) is 27.1 Å². The van der Waals surface area contributed by atoms with Crippen molar-refractivity contribution in [1.29, 1.82) is 5.26 Å². The van der Waals surface area contributed by atoms with Crippen molar-refractivity contribution in [2.45, 2.75) is 68.2 Å². The highest BCUT2D eigenvalue weighted by molar-refractivity contribution is 7.89. The van der Waals surface area contributed by atoms with Crippen molar-refractivity contribution in [3.8, 4) is 6.07 Å². The van der Waals surface area contributed by atoms with Gasteiger partial charge < -0.3 is 10.6 Å². The molecule has 32 heavy (non-hydrogen) atoms. The predicted molar refractivity (Wildman–Crippen MR) is 118 cm³/mol. The summed E-state index contributed by atoms with van der Waals surface area (Å²) in [7, 11) is -1.86. The first-order valence-electron chi connectivity index (χ1n) is 11.4. The Morgan fingerprint density at radius 2 is 1.97 bits per heavy atom. The minimum Gasteiger partial charge on any atom is -0.368 e. The summed E-state index contributed by atoms with van der Waals surface area (Å²) in [6.07, 6.45) is 4.51. The highest BCUT2D eigenvalue weighted by Crippen LogP contribution is 2.40. The van der Waals surface area contributed by atoms with Crippen molar-refractivity contribution >= 4 is 21.6 Å². The lowest BCUT2D eigenvalue weighted by Crippen LogP contribution is -2.54. The molecule has 1 amide bonds. The third-order valence-electron chi connectivity index (χ3n) is 7.70. The van der Waals surface area contributed by atoms with Crippen LogP contribution in [-0.4, -0.2) is 55.5 Å². The molecule has 2 saturated heterocycles. The quantitative estimate of drug-likeness (QED) is 0.629. The average Bonchev–Trinajstić information content (AvgIpc) is 3.24. The van der Waals surface area contributed by atoms with Crippen LogP contribution in [0.25, 0.3) is 0 Å². The lowest BCUT2D eigenvalue weighted by molar-refractivity contribution is -0.128. The topological polar surface area (TPSA) is 118 Å². The second-order valence-corrected chi connectivity index (χ2v) is 11.3. The molecule has 10 heteroatoms. The maximum Gasteiger partial charge on any atom is 0.243 e. The van der Waals surface area contributed by atoms with Gasteiger partial charge in [-0.1, -0.05) is 12.8 Å². The fraction of sp³-hybridized carbons (Fsp3) is 0.636. The zero-order valence-corrected chi connectivity index (χ0v) is 19.2. The number of nitrogens with one attached hydrogen (secondary N) is 3. The molecular formula is C22H30N6O3S. The van der Waals surface area contributed by atoms with Gasteiger partial charge in [0.2, 0.25) is 15.9 Å². The van der Waals surface area contributed by atoms with Gasteiger partial charge in [0, 0.05) is 37.4 Å². The Hall–Kier alpha value is -2.19. The van der Waals surface area contributed by atoms with Crippen LogP contribution >= 0.6 is 0 Å². The predicted octanol–water partition coefficient (Wildman–Crippen LogP) is 1.53. The van der Waals surface area contributed by atoms with Crippen molar-refractivity contribution in [2.75, 3.05) is 18.9 Å². The summed E-state index contributed by atoms with van der Waals surface area (Å²) in [4.78, 5) is 13.2. The smallest absolute Gasteiger partial charge is 0.243 e. The SMILES string of the molecule is CC1c2cc(NC3NN([C@H]4CCCC[C@@H]4C#N)C4CCNC(=O)C34)ccc2S(=O)(=O)N1C. The van der Waals surface area contributed by atoms with Gasteiger partial charge in [-0.25, -0.2) is 18.9 Å². The Balaban J connectivity index is 1.43. The summed E-state index contributed by atoms with van der Waals surface area (Å²) in [5.41, 5.74) is 5.07. The molecule has 1 aromatic rings. The van der Waals surface area contributed by atoms with Crippen molar-refractivity contribution in [3.63, 3.8) is 0 Å². The number of hydrazine groups is 1. The highest BCUT2D eigenvalue weighted by Gasteiger charge is 2.51. The van der Waals surface area contributed by atoms with E-state index in [1.165, 1.54) is 4.31 Å². The maximum atomic E-state index is 12.9. The monoisotopic (exact) mass is 458 g/mol. The normalized spacial score (nSPS) is 36.7. The number of hydrogen-bond acceptors (Lipinski definition) is 7. The van der Waals surface area contributed by atoms with E-state index in [0.717, 1.165) is 43.4 Å². The van der Waals surface area contributed by atoms with Gasteiger partial charge in [0.15, 0.2) is 0 Å². The van der Waals surface area contributed by atoms with Gasteiger partial charge in [0.25, 0.3) is 0 Å². The van der Waals surface area contributed by atoms with Gasteiger partial charge in [0.1, 0.15) is 6.17 Å². The van der Waals surface area contributed by atoms with E-state index < -0.39 is 10.0 Å². The Labute approximate surface area is 189 Å². The molecule has 1 saturated carbocycles. The fourth-order valence-electron chi connectivity index (χ4n) is 5.83. The second-order valence-electron chi connectivity index (χ2n) is 9.37. The van der Waals surface area contributed by atoms with Crippen LogP contribution in [-0.2, 0) is 14.8 Å². The van der Waals surface area contributed by atoms with E-state index in [1.54, 1.807) is 19.2 Å². The number of piperidine rings is 1. The molecule has 6 atom stereocenters. The van der Waals surface area contributed by atoms with Gasteiger partial charge in [-0.2, -0.15) is 9.57 Å². The number of anilines is 1. The largest absolute Gasteiger partial charge is 0.368 e. The van der Waals surface area contributed by atoms with E-state index in [0.29, 0.717) is 11.4 Å². The van der Waals surface area contributed by atoms with Crippen molar-refractivity contribution in [1.82, 2.24) is 20.1 Å². The number of amides is 1. The van der Waals surface area contributed by atoms with Crippen LogP contribution in [0.15, 0.2) is 23.1 Å². The molecule has 3 aliphatic heterocycles. The van der Waals surface area contributed by atoms with Crippen LogP contribution in [0.3, 0.4) is 0 Å². The molecular weight excluding hydrogens is 428 g/mol. The van der Waals surface area contributed by atoms with Gasteiger partial charge >= 0.3 is 0 Å². The van der Waals surface area contributed by atoms with Gasteiger partial charge in [-0.15, -0.1) is 0 Å². The summed E-state index contributed by atoms with van der Waals surface area (Å²) >= 11 is 0. The molecule has 5 rings (SSSR count). The second kappa shape index (κ2) is 7.99. The molecule has 9 nitrogen and oxygen atoms in total. The van der Waals surface area contributed by atoms with E-state index in [1.807, 2.05) is 13.0 Å². The summed E-state index contributed by atoms with van der Waals surface area (Å²) in [6, 6.07) is 7.65. The van der Waals surface area contributed by atoms with Gasteiger partial charge in [-0.05, 0) is 49.9 Å². The molecule has 4 unspecified atom stereocenters. The van der Waals surface area contributed by atoms with Gasteiger partial charge in [0.05, 0.1) is 22.8 Å². The van der Waals surface area contributed by atoms with Gasteiger partial charge in [-0.3, -0.25) is 4.79 Å². The highest BCUT2D eigenvalue weighted by atomic mass is 32.2. The molecule has 4 aliphatic rings. The van der Waals surface area contributed by atoms with Crippen LogP contribution in [0.5, 0.6) is 0 Å². The number of benzene rings is 1. The standard InChI is InChI=1S/C22H30N6O3S/c1-13-16-11-15(7-8-19(16)32(30,31)27(13)2)25-21-20-18(9-10-24-22(20)29)28(26-21)17-6-4-3-5-14(17)12-23/h7-8,11,13-14,17-18,20-21,25-26H,3-6,9-10H2,1-2H3,(H,24,29)/t13?,14-,17+,18?,20?,21?/m1/s1. The van der Waals surface area contributed by atoms with Crippen LogP contribution in [0, 0.1) is 23.2 Å². The Morgan fingerprint density at radius 1 is 1.19 bits per heavy atom. The minimum atomic E-state index is -3.45. The third kappa shape index (κ3) is 3.30. The van der Waals surface area contributed by atoms with E-state index in [9.17, 15) is 18.5 Å². The summed E-state index contributed by atoms with van der Waals surface area (Å²) in [5, 5.41) is 18.3. The lowest BCUT2D eigenvalue weighted by Gasteiger charge is -2.39. The third-order valence-corrected chi connectivity index (χ3v) is 9.70. The Kier molecular flexibility index (Phi) is 5.40. The summed E-state index contributed by atoms with van der Waals surface area (Å²) in [5.74, 6) is -0.320. The molecule has 3 fully saturated rings. The van der Waals surface area contributed by atoms with E-state index >= 15 is 0 Å². The first kappa shape index (κ1) is 21.6. The van der Waals surface area contributed by atoms with Crippen LogP contribution in [0.1, 0.15) is 50.6 Å². The molecule has 1 aliphatic carbocycles. The zero-order chi connectivity index (χ0) is 22.6. The Bertz CT molecular complexity index is 1070. The Morgan fingerprint density at radius 3 is 2.75 bits per heavy atom.